The number of hydrogen-bond acceptors (Lipinski definition) is 6. The van der Waals surface area contributed by atoms with E-state index in [0.29, 0.717) is 13.2 Å². The third kappa shape index (κ3) is 14.5. The van der Waals surface area contributed by atoms with Gasteiger partial charge in [0.25, 0.3) is 0 Å². The van der Waals surface area contributed by atoms with Crippen LogP contribution < -0.4 is 5.73 Å². The molecule has 7 nitrogen and oxygen atoms in total. The number of carbonyl (C=O) groups excluding carboxylic acids is 2. The predicted octanol–water partition coefficient (Wildman–Crippen LogP) is 10.7. The van der Waals surface area contributed by atoms with Gasteiger partial charge in [-0.05, 0) is 79.0 Å². The van der Waals surface area contributed by atoms with Gasteiger partial charge < -0.3 is 24.1 Å². The molecule has 0 saturated carbocycles. The number of carbonyl (C=O) groups is 2. The zero-order valence-corrected chi connectivity index (χ0v) is 36.5. The highest BCUT2D eigenvalue weighted by Gasteiger charge is 2.45. The van der Waals surface area contributed by atoms with E-state index in [0.717, 1.165) is 18.3 Å². The van der Waals surface area contributed by atoms with Crippen molar-refractivity contribution >= 4 is 29.0 Å². The maximum Gasteiger partial charge on any atom is 0.404 e. The normalized spacial score (nSPS) is 18.5. The van der Waals surface area contributed by atoms with Crippen molar-refractivity contribution in [3.63, 3.8) is 0 Å². The molecule has 0 bridgehead atoms. The summed E-state index contributed by atoms with van der Waals surface area (Å²) in [6, 6.07) is 10.1. The molecule has 0 aromatic heterocycles. The van der Waals surface area contributed by atoms with Crippen LogP contribution in [-0.4, -0.2) is 53.9 Å². The average molecular weight is 732 g/mol. The van der Waals surface area contributed by atoms with Crippen LogP contribution in [0, 0.1) is 29.6 Å². The molecular weight excluding hydrogens is 659 g/mol. The molecule has 0 fully saturated rings. The zero-order valence-electron chi connectivity index (χ0n) is 34.5. The van der Waals surface area contributed by atoms with E-state index in [4.69, 9.17) is 24.1 Å². The number of ether oxygens (including phenoxy) is 2. The topological polar surface area (TPSA) is 97.1 Å². The van der Waals surface area contributed by atoms with Gasteiger partial charge in [0.1, 0.15) is 12.4 Å². The van der Waals surface area contributed by atoms with E-state index in [9.17, 15) is 9.59 Å². The van der Waals surface area contributed by atoms with Crippen molar-refractivity contribution in [2.45, 2.75) is 151 Å². The Morgan fingerprint density at radius 3 is 1.80 bits per heavy atom. The quantitative estimate of drug-likeness (QED) is 0.0621. The molecule has 0 spiro atoms. The average Bonchev–Trinajstić information content (AvgIpc) is 2.98. The molecule has 50 heavy (non-hydrogen) atoms. The number of allylic oxidation sites excluding steroid dienone is 2. The summed E-state index contributed by atoms with van der Waals surface area (Å²) in [4.78, 5) is 23.5. The van der Waals surface area contributed by atoms with E-state index < -0.39 is 28.8 Å². The van der Waals surface area contributed by atoms with Crippen LogP contribution in [0.2, 0.25) is 36.3 Å². The summed E-state index contributed by atoms with van der Waals surface area (Å²) in [6.07, 6.45) is 5.99. The van der Waals surface area contributed by atoms with Gasteiger partial charge in [0.05, 0.1) is 25.4 Å². The van der Waals surface area contributed by atoms with Crippen molar-refractivity contribution in [2.75, 3.05) is 6.61 Å². The van der Waals surface area contributed by atoms with Crippen LogP contribution in [0.5, 0.6) is 0 Å². The highest BCUT2D eigenvalue weighted by molar-refractivity contribution is 6.74. The minimum atomic E-state index is -2.23. The second-order valence-corrected chi connectivity index (χ2v) is 27.4. The second-order valence-electron chi connectivity index (χ2n) is 17.9. The summed E-state index contributed by atoms with van der Waals surface area (Å²) in [5, 5.41) is 0.0536. The van der Waals surface area contributed by atoms with E-state index in [-0.39, 0.29) is 51.9 Å². The Hall–Kier alpha value is -2.05. The number of amides is 1. The van der Waals surface area contributed by atoms with Crippen LogP contribution in [0.15, 0.2) is 54.1 Å². The lowest BCUT2D eigenvalue weighted by Gasteiger charge is -2.45. The summed E-state index contributed by atoms with van der Waals surface area (Å²) in [6.45, 7) is 36.5. The van der Waals surface area contributed by atoms with Crippen molar-refractivity contribution in [3.8, 4) is 0 Å². The fourth-order valence-corrected chi connectivity index (χ4v) is 9.07. The highest BCUT2D eigenvalue weighted by atomic mass is 28.4. The SMILES string of the molecule is C/C(=C/[C@H](C)[C@@H](O[Si](C)(C)C(C)(C)C)[C@@H](C)/C=C\C=O)C[C@H](C)[C@@H](O[Si](C)(C)C(C)(C)C)[C@H](C)[C@@H](OC(N)=O)[C@@H](C)COCc1ccccc1. The molecule has 1 rings (SSSR count). The molecule has 0 aliphatic heterocycles. The molecule has 2 N–H and O–H groups in total. The highest BCUT2D eigenvalue weighted by Crippen LogP contribution is 2.42. The number of aldehydes is 1. The Balaban J connectivity index is 3.43. The first-order chi connectivity index (χ1) is 22.8. The summed E-state index contributed by atoms with van der Waals surface area (Å²) in [5.41, 5.74) is 8.02. The van der Waals surface area contributed by atoms with Crippen LogP contribution in [-0.2, 0) is 29.7 Å². The number of primary amides is 1. The predicted molar refractivity (Wildman–Crippen MR) is 214 cm³/mol. The number of nitrogens with two attached hydrogens (primary N) is 1. The number of benzene rings is 1. The Morgan fingerprint density at radius 1 is 0.800 bits per heavy atom. The Morgan fingerprint density at radius 2 is 1.32 bits per heavy atom. The number of hydrogen-bond donors (Lipinski definition) is 1. The smallest absolute Gasteiger partial charge is 0.404 e. The largest absolute Gasteiger partial charge is 0.446 e. The maximum absolute atomic E-state index is 12.3. The Bertz CT molecular complexity index is 1230. The summed E-state index contributed by atoms with van der Waals surface area (Å²) >= 11 is 0. The van der Waals surface area contributed by atoms with Crippen molar-refractivity contribution in [2.24, 2.45) is 35.3 Å². The minimum absolute atomic E-state index is 0.00593. The lowest BCUT2D eigenvalue weighted by molar-refractivity contribution is -0.104. The van der Waals surface area contributed by atoms with Crippen LogP contribution in [0.4, 0.5) is 4.79 Å². The van der Waals surface area contributed by atoms with Gasteiger partial charge in [0.15, 0.2) is 16.6 Å². The third-order valence-corrected chi connectivity index (χ3v) is 20.0. The Kier molecular flexibility index (Phi) is 18.1. The summed E-state index contributed by atoms with van der Waals surface area (Å²) < 4.78 is 26.2. The van der Waals surface area contributed by atoms with Crippen LogP contribution in [0.25, 0.3) is 0 Å². The van der Waals surface area contributed by atoms with Crippen molar-refractivity contribution < 1.29 is 27.9 Å². The molecule has 9 heteroatoms. The lowest BCUT2D eigenvalue weighted by atomic mass is 9.81. The van der Waals surface area contributed by atoms with E-state index >= 15 is 0 Å². The first-order valence-corrected chi connectivity index (χ1v) is 24.4. The molecular formula is C41H73NO6Si2. The van der Waals surface area contributed by atoms with Crippen molar-refractivity contribution in [3.05, 3.63) is 59.7 Å². The molecule has 0 unspecified atom stereocenters. The standard InChI is InChI=1S/C41H73NO6Si2/c1-29(25-31(3)36(30(2)21-20-24-43)47-49(13,14)40(7,8)9)26-32(4)38(48-50(15,16)41(10,11)12)34(6)37(46-39(42)44)33(5)27-45-28-35-22-18-17-19-23-35/h17-25,30-34,36-38H,26-28H2,1-16H3,(H2,42,44)/b21-20-,29-25-/t30-,31-,32-,33-,34+,36-,37-,38+/m0/s1. The second kappa shape index (κ2) is 19.7. The van der Waals surface area contributed by atoms with Gasteiger partial charge in [-0.2, -0.15) is 0 Å². The number of rotatable bonds is 20. The van der Waals surface area contributed by atoms with Gasteiger partial charge >= 0.3 is 6.09 Å². The van der Waals surface area contributed by atoms with E-state index in [2.05, 4.69) is 115 Å². The summed E-state index contributed by atoms with van der Waals surface area (Å²) in [5.74, 6) is 0.0524. The molecule has 0 saturated heterocycles. The first kappa shape index (κ1) is 46.0. The molecule has 1 amide bonds. The van der Waals surface area contributed by atoms with Gasteiger partial charge in [-0.15, -0.1) is 0 Å². The first-order valence-electron chi connectivity index (χ1n) is 18.6. The summed E-state index contributed by atoms with van der Waals surface area (Å²) in [7, 11) is -4.32. The van der Waals surface area contributed by atoms with Crippen molar-refractivity contribution in [1.29, 1.82) is 0 Å². The molecule has 1 aromatic carbocycles. The molecule has 0 radical (unpaired) electrons. The lowest BCUT2D eigenvalue weighted by Crippen LogP contribution is -2.51. The Labute approximate surface area is 308 Å². The zero-order chi connectivity index (χ0) is 38.7. The fraction of sp³-hybridized carbons (Fsp3) is 0.707. The van der Waals surface area contributed by atoms with E-state index in [1.807, 2.05) is 36.4 Å². The molecule has 8 atom stereocenters. The molecule has 286 valence electrons. The van der Waals surface area contributed by atoms with Gasteiger partial charge in [-0.3, -0.25) is 4.79 Å². The fourth-order valence-electron chi connectivity index (χ4n) is 6.13. The van der Waals surface area contributed by atoms with Crippen LogP contribution >= 0.6 is 0 Å². The molecule has 0 aliphatic rings. The molecule has 0 aliphatic carbocycles. The molecule has 0 heterocycles. The van der Waals surface area contributed by atoms with E-state index in [1.165, 1.54) is 5.57 Å². The van der Waals surface area contributed by atoms with Crippen LogP contribution in [0.3, 0.4) is 0 Å². The van der Waals surface area contributed by atoms with Gasteiger partial charge in [0.2, 0.25) is 0 Å². The molecule has 1 aromatic rings. The minimum Gasteiger partial charge on any atom is -0.446 e. The van der Waals surface area contributed by atoms with E-state index in [1.54, 1.807) is 6.08 Å². The monoisotopic (exact) mass is 731 g/mol. The van der Waals surface area contributed by atoms with Gasteiger partial charge in [0, 0.05) is 11.8 Å². The van der Waals surface area contributed by atoms with Crippen LogP contribution in [0.1, 0.15) is 95.1 Å². The van der Waals surface area contributed by atoms with Gasteiger partial charge in [-0.1, -0.05) is 124 Å². The van der Waals surface area contributed by atoms with Gasteiger partial charge in [-0.25, -0.2) is 4.79 Å². The maximum atomic E-state index is 12.3. The van der Waals surface area contributed by atoms with Crippen molar-refractivity contribution in [1.82, 2.24) is 0 Å². The third-order valence-electron chi connectivity index (χ3n) is 11.1.